The number of benzene rings is 5. The molecule has 212 valence electrons. The molecule has 0 bridgehead atoms. The Morgan fingerprint density at radius 1 is 0.478 bits per heavy atom. The third-order valence-electron chi connectivity index (χ3n) is 9.74. The molecule has 0 atom stereocenters. The lowest BCUT2D eigenvalue weighted by Gasteiger charge is -2.10. The van der Waals surface area contributed by atoms with Gasteiger partial charge in [-0.2, -0.15) is 0 Å². The number of fused-ring (bicyclic) bond motifs is 7. The molecule has 12 rings (SSSR count). The molecule has 0 aliphatic carbocycles. The number of thiophene rings is 2. The van der Waals surface area contributed by atoms with Crippen LogP contribution in [0, 0.1) is 0 Å². The minimum Gasteiger partial charge on any atom is -0.308 e. The fourth-order valence-electron chi connectivity index (χ4n) is 7.98. The fourth-order valence-corrected chi connectivity index (χ4v) is 10.2. The summed E-state index contributed by atoms with van der Waals surface area (Å²) >= 11 is 3.60. The van der Waals surface area contributed by atoms with Gasteiger partial charge in [-0.3, -0.25) is 9.55 Å². The number of pyridine rings is 1. The maximum atomic E-state index is 5.38. The first kappa shape index (κ1) is 23.7. The maximum absolute atomic E-state index is 5.38. The highest BCUT2D eigenvalue weighted by Crippen LogP contribution is 2.50. The van der Waals surface area contributed by atoms with Gasteiger partial charge in [0.05, 0.1) is 33.3 Å². The van der Waals surface area contributed by atoms with Crippen molar-refractivity contribution in [2.75, 3.05) is 0 Å². The van der Waals surface area contributed by atoms with E-state index in [1.165, 1.54) is 63.0 Å². The minimum absolute atomic E-state index is 0.666. The van der Waals surface area contributed by atoms with Crippen LogP contribution in [0.25, 0.3) is 107 Å². The standard InChI is InChI=1S/C39H19N5S2/c1-3-11-24-20(8-1)21-15-17-30-35-34-29(45-30)18-16-27-33(34)32-25(43(24)37(21)35)12-7-13-26(32)44(27)39-41-36(23-10-5-6-19-40-23)31-22-9-2-4-14-28(22)46-38(31)42-39/h1-19H. The molecule has 0 aliphatic rings. The zero-order chi connectivity index (χ0) is 29.7. The van der Waals surface area contributed by atoms with Crippen molar-refractivity contribution >= 4 is 112 Å². The van der Waals surface area contributed by atoms with Crippen LogP contribution in [0.3, 0.4) is 0 Å². The van der Waals surface area contributed by atoms with Gasteiger partial charge in [-0.25, -0.2) is 9.97 Å². The van der Waals surface area contributed by atoms with Crippen molar-refractivity contribution in [1.82, 2.24) is 23.9 Å². The fraction of sp³-hybridized carbons (Fsp3) is 0. The predicted molar refractivity (Wildman–Crippen MR) is 194 cm³/mol. The van der Waals surface area contributed by atoms with Gasteiger partial charge in [0, 0.05) is 63.4 Å². The molecule has 0 radical (unpaired) electrons. The van der Waals surface area contributed by atoms with E-state index in [1.54, 1.807) is 11.3 Å². The molecule has 0 unspecified atom stereocenters. The smallest absolute Gasteiger partial charge is 0.236 e. The normalized spacial score (nSPS) is 12.8. The molecule has 0 fully saturated rings. The summed E-state index contributed by atoms with van der Waals surface area (Å²) in [5, 5.41) is 9.98. The Morgan fingerprint density at radius 2 is 1.26 bits per heavy atom. The van der Waals surface area contributed by atoms with E-state index in [4.69, 9.17) is 15.0 Å². The molecular formula is C39H19N5S2. The third-order valence-corrected chi connectivity index (χ3v) is 11.9. The van der Waals surface area contributed by atoms with Gasteiger partial charge >= 0.3 is 0 Å². The summed E-state index contributed by atoms with van der Waals surface area (Å²) in [6.07, 6.45) is 1.84. The molecule has 7 heterocycles. The average molecular weight is 622 g/mol. The number of nitrogens with zero attached hydrogens (tertiary/aromatic N) is 5. The van der Waals surface area contributed by atoms with Crippen LogP contribution in [0.15, 0.2) is 115 Å². The second-order valence-corrected chi connectivity index (χ2v) is 14.1. The molecular weight excluding hydrogens is 603 g/mol. The van der Waals surface area contributed by atoms with Crippen LogP contribution in [-0.2, 0) is 0 Å². The molecule has 0 spiro atoms. The van der Waals surface area contributed by atoms with Gasteiger partial charge in [-0.15, -0.1) is 22.7 Å². The number of rotatable bonds is 2. The van der Waals surface area contributed by atoms with E-state index in [1.807, 2.05) is 35.7 Å². The Labute approximate surface area is 267 Å². The van der Waals surface area contributed by atoms with Gasteiger partial charge in [0.25, 0.3) is 0 Å². The van der Waals surface area contributed by atoms with Crippen LogP contribution >= 0.6 is 22.7 Å². The highest BCUT2D eigenvalue weighted by Gasteiger charge is 2.26. The van der Waals surface area contributed by atoms with Crippen molar-refractivity contribution in [3.63, 3.8) is 0 Å². The molecule has 0 saturated carbocycles. The molecule has 0 N–H and O–H groups in total. The van der Waals surface area contributed by atoms with Crippen LogP contribution in [0.5, 0.6) is 0 Å². The lowest BCUT2D eigenvalue weighted by molar-refractivity contribution is 1.01. The van der Waals surface area contributed by atoms with Gasteiger partial charge < -0.3 is 4.40 Å². The van der Waals surface area contributed by atoms with Crippen LogP contribution in [0.2, 0.25) is 0 Å². The first-order chi connectivity index (χ1) is 22.8. The number of hydrogen-bond donors (Lipinski definition) is 0. The first-order valence-electron chi connectivity index (χ1n) is 15.3. The van der Waals surface area contributed by atoms with E-state index in [0.29, 0.717) is 5.95 Å². The molecule has 0 aliphatic heterocycles. The highest BCUT2D eigenvalue weighted by atomic mass is 32.1. The SMILES string of the molecule is c1ccc(-c2nc(-n3c4ccc5sc6ccc7c8ccccc8n8c9cccc3c9c4c5c6c78)nc3sc4ccccc4c23)nc1. The largest absolute Gasteiger partial charge is 0.308 e. The Balaban J connectivity index is 1.33. The van der Waals surface area contributed by atoms with Gasteiger partial charge in [0.15, 0.2) is 0 Å². The van der Waals surface area contributed by atoms with E-state index < -0.39 is 0 Å². The molecule has 12 aromatic rings. The van der Waals surface area contributed by atoms with Gasteiger partial charge in [0.2, 0.25) is 5.95 Å². The molecule has 7 heteroatoms. The quantitative estimate of drug-likeness (QED) is 0.193. The predicted octanol–water partition coefficient (Wildman–Crippen LogP) is 10.8. The molecule has 5 aromatic carbocycles. The molecule has 46 heavy (non-hydrogen) atoms. The first-order valence-corrected chi connectivity index (χ1v) is 16.9. The van der Waals surface area contributed by atoms with Crippen molar-refractivity contribution < 1.29 is 0 Å². The van der Waals surface area contributed by atoms with Gasteiger partial charge in [0.1, 0.15) is 10.5 Å². The molecule has 5 nitrogen and oxygen atoms in total. The van der Waals surface area contributed by atoms with E-state index in [2.05, 4.69) is 100.0 Å². The molecule has 0 saturated heterocycles. The van der Waals surface area contributed by atoms with Gasteiger partial charge in [-0.1, -0.05) is 54.6 Å². The summed E-state index contributed by atoms with van der Waals surface area (Å²) in [4.78, 5) is 16.5. The zero-order valence-electron chi connectivity index (χ0n) is 24.0. The van der Waals surface area contributed by atoms with E-state index in [0.717, 1.165) is 38.0 Å². The zero-order valence-corrected chi connectivity index (χ0v) is 25.7. The lowest BCUT2D eigenvalue weighted by atomic mass is 10.0. The summed E-state index contributed by atoms with van der Waals surface area (Å²) < 4.78 is 8.60. The summed E-state index contributed by atoms with van der Waals surface area (Å²) in [5.41, 5.74) is 7.65. The Bertz CT molecular complexity index is 3200. The number of hydrogen-bond acceptors (Lipinski definition) is 5. The Hall–Kier alpha value is -5.63. The van der Waals surface area contributed by atoms with E-state index in [9.17, 15) is 0 Å². The average Bonchev–Trinajstić information content (AvgIpc) is 3.82. The van der Waals surface area contributed by atoms with Crippen LogP contribution in [0.1, 0.15) is 0 Å². The second kappa shape index (κ2) is 8.14. The van der Waals surface area contributed by atoms with Crippen molar-refractivity contribution in [3.8, 4) is 17.3 Å². The van der Waals surface area contributed by atoms with Crippen LogP contribution < -0.4 is 0 Å². The Morgan fingerprint density at radius 3 is 2.20 bits per heavy atom. The number of para-hydroxylation sites is 1. The Kier molecular flexibility index (Phi) is 4.20. The molecule has 0 amide bonds. The monoisotopic (exact) mass is 621 g/mol. The van der Waals surface area contributed by atoms with E-state index in [-0.39, 0.29) is 0 Å². The minimum atomic E-state index is 0.666. The lowest BCUT2D eigenvalue weighted by Crippen LogP contribution is -2.03. The van der Waals surface area contributed by atoms with Crippen LogP contribution in [-0.4, -0.2) is 23.9 Å². The van der Waals surface area contributed by atoms with Crippen molar-refractivity contribution in [2.45, 2.75) is 0 Å². The summed E-state index contributed by atoms with van der Waals surface area (Å²) in [7, 11) is 0. The van der Waals surface area contributed by atoms with Crippen LogP contribution in [0.4, 0.5) is 0 Å². The summed E-state index contributed by atoms with van der Waals surface area (Å²) in [6, 6.07) is 39.2. The third kappa shape index (κ3) is 2.72. The van der Waals surface area contributed by atoms with Gasteiger partial charge in [-0.05, 0) is 54.6 Å². The summed E-state index contributed by atoms with van der Waals surface area (Å²) in [6.45, 7) is 0. The maximum Gasteiger partial charge on any atom is 0.236 e. The van der Waals surface area contributed by atoms with E-state index >= 15 is 0 Å². The van der Waals surface area contributed by atoms with Crippen molar-refractivity contribution in [3.05, 3.63) is 115 Å². The summed E-state index contributed by atoms with van der Waals surface area (Å²) in [5.74, 6) is 0.666. The van der Waals surface area contributed by atoms with Crippen molar-refractivity contribution in [2.24, 2.45) is 0 Å². The second-order valence-electron chi connectivity index (χ2n) is 12.0. The molecule has 7 aromatic heterocycles. The van der Waals surface area contributed by atoms with Crippen molar-refractivity contribution in [1.29, 1.82) is 0 Å². The number of aromatic nitrogens is 5. The topological polar surface area (TPSA) is 48.0 Å². The highest BCUT2D eigenvalue weighted by molar-refractivity contribution is 7.26.